The lowest BCUT2D eigenvalue weighted by Gasteiger charge is -2.37. The fourth-order valence-electron chi connectivity index (χ4n) is 2.28. The van der Waals surface area contributed by atoms with E-state index >= 15 is 0 Å². The Bertz CT molecular complexity index is 401. The third-order valence-electron chi connectivity index (χ3n) is 3.14. The van der Waals surface area contributed by atoms with Crippen LogP contribution in [0, 0.1) is 0 Å². The maximum absolute atomic E-state index is 5.82. The lowest BCUT2D eigenvalue weighted by atomic mass is 10.2. The van der Waals surface area contributed by atoms with E-state index in [-0.39, 0.29) is 0 Å². The van der Waals surface area contributed by atoms with Crippen molar-refractivity contribution in [1.82, 2.24) is 4.98 Å². The van der Waals surface area contributed by atoms with Gasteiger partial charge in [0, 0.05) is 35.0 Å². The number of nitrogens with zero attached hydrogens (tertiary/aromatic N) is 2. The van der Waals surface area contributed by atoms with E-state index in [0.717, 1.165) is 25.9 Å². The summed E-state index contributed by atoms with van der Waals surface area (Å²) in [6.07, 6.45) is 2.19. The van der Waals surface area contributed by atoms with Gasteiger partial charge in [0.15, 0.2) is 5.13 Å². The second-order valence-corrected chi connectivity index (χ2v) is 8.21. The number of aromatic nitrogens is 1. The van der Waals surface area contributed by atoms with E-state index in [0.29, 0.717) is 11.3 Å². The van der Waals surface area contributed by atoms with Gasteiger partial charge in [-0.2, -0.15) is 11.8 Å². The highest BCUT2D eigenvalue weighted by Gasteiger charge is 2.29. The molecule has 0 aromatic carbocycles. The van der Waals surface area contributed by atoms with Crippen LogP contribution in [0.15, 0.2) is 0 Å². The molecule has 0 saturated carbocycles. The fourth-order valence-corrected chi connectivity index (χ4v) is 4.40. The topological polar surface area (TPSA) is 42.2 Å². The summed E-state index contributed by atoms with van der Waals surface area (Å²) in [5.74, 6) is 1.19. The summed E-state index contributed by atoms with van der Waals surface area (Å²) in [5, 5.41) is 1.17. The SMILES string of the molecule is CCCc1nc(N2CCSC(C)(C)C2)sc1CN. The minimum atomic E-state index is 0.331. The van der Waals surface area contributed by atoms with Crippen molar-refractivity contribution in [2.75, 3.05) is 23.7 Å². The van der Waals surface area contributed by atoms with E-state index in [2.05, 4.69) is 37.4 Å². The van der Waals surface area contributed by atoms with Crippen molar-refractivity contribution < 1.29 is 0 Å². The lowest BCUT2D eigenvalue weighted by molar-refractivity contribution is 0.645. The predicted octanol–water partition coefficient (Wildman–Crippen LogP) is 2.89. The zero-order valence-corrected chi connectivity index (χ0v) is 13.2. The molecule has 3 nitrogen and oxygen atoms in total. The molecular weight excluding hydrogens is 262 g/mol. The lowest BCUT2D eigenvalue weighted by Crippen LogP contribution is -2.43. The molecule has 0 aliphatic carbocycles. The molecule has 102 valence electrons. The van der Waals surface area contributed by atoms with Gasteiger partial charge in [0.1, 0.15) is 0 Å². The molecular formula is C13H23N3S2. The molecule has 2 N–H and O–H groups in total. The van der Waals surface area contributed by atoms with E-state index in [4.69, 9.17) is 10.7 Å². The van der Waals surface area contributed by atoms with Gasteiger partial charge in [0.2, 0.25) is 0 Å². The number of aryl methyl sites for hydroxylation is 1. The van der Waals surface area contributed by atoms with Crippen LogP contribution in [0.3, 0.4) is 0 Å². The maximum atomic E-state index is 5.82. The minimum Gasteiger partial charge on any atom is -0.346 e. The highest BCUT2D eigenvalue weighted by atomic mass is 32.2. The number of rotatable bonds is 4. The Morgan fingerprint density at radius 2 is 2.22 bits per heavy atom. The van der Waals surface area contributed by atoms with Crippen molar-refractivity contribution in [1.29, 1.82) is 0 Å². The summed E-state index contributed by atoms with van der Waals surface area (Å²) in [5.41, 5.74) is 7.04. The van der Waals surface area contributed by atoms with Gasteiger partial charge >= 0.3 is 0 Å². The summed E-state index contributed by atoms with van der Waals surface area (Å²) >= 11 is 3.84. The molecule has 5 heteroatoms. The summed E-state index contributed by atoms with van der Waals surface area (Å²) in [6, 6.07) is 0. The van der Waals surface area contributed by atoms with E-state index in [9.17, 15) is 0 Å². The molecule has 0 unspecified atom stereocenters. The molecule has 0 radical (unpaired) electrons. The van der Waals surface area contributed by atoms with Crippen LogP contribution < -0.4 is 10.6 Å². The molecule has 1 fully saturated rings. The first-order chi connectivity index (χ1) is 8.55. The fraction of sp³-hybridized carbons (Fsp3) is 0.769. The van der Waals surface area contributed by atoms with Crippen LogP contribution in [0.4, 0.5) is 5.13 Å². The Kier molecular flexibility index (Phi) is 4.56. The van der Waals surface area contributed by atoms with Crippen LogP contribution in [0.5, 0.6) is 0 Å². The van der Waals surface area contributed by atoms with Crippen LogP contribution in [0.25, 0.3) is 0 Å². The Labute approximate surface area is 118 Å². The smallest absolute Gasteiger partial charge is 0.185 e. The van der Waals surface area contributed by atoms with Gasteiger partial charge in [-0.15, -0.1) is 11.3 Å². The highest BCUT2D eigenvalue weighted by molar-refractivity contribution is 8.00. The Morgan fingerprint density at radius 3 is 2.83 bits per heavy atom. The van der Waals surface area contributed by atoms with Crippen molar-refractivity contribution in [2.45, 2.75) is 44.9 Å². The summed E-state index contributed by atoms with van der Waals surface area (Å²) < 4.78 is 0.331. The van der Waals surface area contributed by atoms with Crippen molar-refractivity contribution in [3.05, 3.63) is 10.6 Å². The standard InChI is InChI=1S/C13H23N3S2/c1-4-5-10-11(8-14)18-12(15-10)16-6-7-17-13(2,3)9-16/h4-9,14H2,1-3H3. The monoisotopic (exact) mass is 285 g/mol. The third kappa shape index (κ3) is 3.19. The first kappa shape index (κ1) is 14.2. The number of hydrogen-bond donors (Lipinski definition) is 1. The first-order valence-electron chi connectivity index (χ1n) is 6.63. The van der Waals surface area contributed by atoms with Crippen LogP contribution in [0.2, 0.25) is 0 Å². The Morgan fingerprint density at radius 1 is 1.44 bits per heavy atom. The Hall–Kier alpha value is -0.260. The van der Waals surface area contributed by atoms with Crippen molar-refractivity contribution in [2.24, 2.45) is 5.73 Å². The molecule has 1 aliphatic rings. The molecule has 0 spiro atoms. The molecule has 0 amide bonds. The maximum Gasteiger partial charge on any atom is 0.185 e. The zero-order valence-electron chi connectivity index (χ0n) is 11.5. The average Bonchev–Trinajstić information content (AvgIpc) is 2.71. The average molecular weight is 285 g/mol. The summed E-state index contributed by atoms with van der Waals surface area (Å²) in [6.45, 7) is 9.64. The van der Waals surface area contributed by atoms with Gasteiger partial charge in [-0.3, -0.25) is 0 Å². The molecule has 0 bridgehead atoms. The molecule has 2 heterocycles. The minimum absolute atomic E-state index is 0.331. The molecule has 1 aromatic heterocycles. The second-order valence-electron chi connectivity index (χ2n) is 5.35. The quantitative estimate of drug-likeness (QED) is 0.923. The normalized spacial score (nSPS) is 19.2. The van der Waals surface area contributed by atoms with Crippen molar-refractivity contribution in [3.8, 4) is 0 Å². The first-order valence-corrected chi connectivity index (χ1v) is 8.43. The van der Waals surface area contributed by atoms with Gasteiger partial charge in [-0.25, -0.2) is 4.98 Å². The van der Waals surface area contributed by atoms with Crippen LogP contribution >= 0.6 is 23.1 Å². The van der Waals surface area contributed by atoms with Gasteiger partial charge in [0.05, 0.1) is 5.69 Å². The molecule has 2 rings (SSSR count). The van der Waals surface area contributed by atoms with Crippen molar-refractivity contribution in [3.63, 3.8) is 0 Å². The molecule has 1 saturated heterocycles. The largest absolute Gasteiger partial charge is 0.346 e. The van der Waals surface area contributed by atoms with Crippen molar-refractivity contribution >= 4 is 28.2 Å². The van der Waals surface area contributed by atoms with Gasteiger partial charge in [-0.05, 0) is 20.3 Å². The number of nitrogens with two attached hydrogens (primary N) is 1. The van der Waals surface area contributed by atoms with Crippen LogP contribution in [-0.2, 0) is 13.0 Å². The third-order valence-corrected chi connectivity index (χ3v) is 5.61. The molecule has 18 heavy (non-hydrogen) atoms. The van der Waals surface area contributed by atoms with E-state index < -0.39 is 0 Å². The summed E-state index contributed by atoms with van der Waals surface area (Å²) in [7, 11) is 0. The predicted molar refractivity (Wildman–Crippen MR) is 82.8 cm³/mol. The number of thiazole rings is 1. The van der Waals surface area contributed by atoms with E-state index in [1.807, 2.05) is 0 Å². The number of thioether (sulfide) groups is 1. The molecule has 1 aliphatic heterocycles. The van der Waals surface area contributed by atoms with E-state index in [1.54, 1.807) is 11.3 Å². The Balaban J connectivity index is 2.17. The zero-order chi connectivity index (χ0) is 13.2. The van der Waals surface area contributed by atoms with Gasteiger partial charge in [0.25, 0.3) is 0 Å². The van der Waals surface area contributed by atoms with Crippen LogP contribution in [-0.4, -0.2) is 28.6 Å². The van der Waals surface area contributed by atoms with Gasteiger partial charge < -0.3 is 10.6 Å². The molecule has 0 atom stereocenters. The van der Waals surface area contributed by atoms with Gasteiger partial charge in [-0.1, -0.05) is 13.3 Å². The second kappa shape index (κ2) is 5.80. The number of anilines is 1. The van der Waals surface area contributed by atoms with Crippen LogP contribution in [0.1, 0.15) is 37.8 Å². The highest BCUT2D eigenvalue weighted by Crippen LogP contribution is 2.35. The summed E-state index contributed by atoms with van der Waals surface area (Å²) in [4.78, 5) is 8.51. The van der Waals surface area contributed by atoms with E-state index in [1.165, 1.54) is 21.5 Å². The molecule has 1 aromatic rings. The number of hydrogen-bond acceptors (Lipinski definition) is 5.